The van der Waals surface area contributed by atoms with Gasteiger partial charge in [-0.1, -0.05) is 55.8 Å². The molecule has 2 nitrogen and oxygen atoms in total. The maximum Gasteiger partial charge on any atom is 0.425 e. The Bertz CT molecular complexity index is 723. The summed E-state index contributed by atoms with van der Waals surface area (Å²) in [5.41, 5.74) is -0.675. The van der Waals surface area contributed by atoms with E-state index in [4.69, 9.17) is 0 Å². The van der Waals surface area contributed by atoms with E-state index in [1.165, 1.54) is 18.2 Å². The molecule has 1 unspecified atom stereocenters. The van der Waals surface area contributed by atoms with Gasteiger partial charge >= 0.3 is 6.18 Å². The van der Waals surface area contributed by atoms with Gasteiger partial charge < -0.3 is 9.84 Å². The third-order valence-electron chi connectivity index (χ3n) is 3.87. The van der Waals surface area contributed by atoms with Crippen LogP contribution in [0.2, 0.25) is 0 Å². The highest BCUT2D eigenvalue weighted by Crippen LogP contribution is 2.55. The lowest BCUT2D eigenvalue weighted by molar-refractivity contribution is -0.246. The van der Waals surface area contributed by atoms with Crippen molar-refractivity contribution >= 4 is 0 Å². The van der Waals surface area contributed by atoms with E-state index < -0.39 is 11.8 Å². The fourth-order valence-electron chi connectivity index (χ4n) is 3.08. The molecule has 0 spiro atoms. The van der Waals surface area contributed by atoms with Crippen molar-refractivity contribution in [2.75, 3.05) is 14.2 Å². The van der Waals surface area contributed by atoms with Crippen molar-refractivity contribution in [3.05, 3.63) is 58.7 Å². The largest absolute Gasteiger partial charge is 0.425 e. The number of hydrogen-bond acceptors (Lipinski definition) is 2. The zero-order chi connectivity index (χ0) is 19.4. The molecule has 2 aromatic rings. The SMILES string of the molecule is CC.COC.Cc1cc(C)c2c(c1)C(O)(C(F)(F)F)c1ccccc1-2. The maximum atomic E-state index is 13.5. The summed E-state index contributed by atoms with van der Waals surface area (Å²) in [6.45, 7) is 7.50. The highest BCUT2D eigenvalue weighted by Gasteiger charge is 2.60. The van der Waals surface area contributed by atoms with Gasteiger partial charge in [0.15, 0.2) is 0 Å². The molecule has 1 N–H and O–H groups in total. The van der Waals surface area contributed by atoms with Crippen molar-refractivity contribution in [1.82, 2.24) is 0 Å². The Balaban J connectivity index is 0.000000567. The molecule has 25 heavy (non-hydrogen) atoms. The van der Waals surface area contributed by atoms with Crippen LogP contribution in [0.5, 0.6) is 0 Å². The van der Waals surface area contributed by atoms with Crippen LogP contribution in [-0.4, -0.2) is 25.5 Å². The maximum absolute atomic E-state index is 13.5. The van der Waals surface area contributed by atoms with Gasteiger partial charge in [0.25, 0.3) is 0 Å². The average Bonchev–Trinajstić information content (AvgIpc) is 2.81. The molecule has 0 saturated carbocycles. The highest BCUT2D eigenvalue weighted by atomic mass is 19.4. The van der Waals surface area contributed by atoms with Crippen LogP contribution in [0.15, 0.2) is 36.4 Å². The highest BCUT2D eigenvalue weighted by molar-refractivity contribution is 5.83. The molecule has 1 atom stereocenters. The number of benzene rings is 2. The molecule has 0 bridgehead atoms. The molecule has 0 amide bonds. The first kappa shape index (κ1) is 21.2. The Morgan fingerprint density at radius 1 is 0.960 bits per heavy atom. The van der Waals surface area contributed by atoms with Crippen molar-refractivity contribution in [3.63, 3.8) is 0 Å². The molecule has 0 fully saturated rings. The summed E-state index contributed by atoms with van der Waals surface area (Å²) in [6, 6.07) is 9.43. The van der Waals surface area contributed by atoms with Gasteiger partial charge in [-0.2, -0.15) is 13.2 Å². The second-order valence-corrected chi connectivity index (χ2v) is 5.67. The van der Waals surface area contributed by atoms with Gasteiger partial charge in [0, 0.05) is 25.3 Å². The van der Waals surface area contributed by atoms with Crippen molar-refractivity contribution < 1.29 is 23.0 Å². The smallest absolute Gasteiger partial charge is 0.388 e. The summed E-state index contributed by atoms with van der Waals surface area (Å²) in [4.78, 5) is 0. The molecule has 0 radical (unpaired) electrons. The minimum Gasteiger partial charge on any atom is -0.388 e. The van der Waals surface area contributed by atoms with Crippen molar-refractivity contribution in [2.45, 2.75) is 39.5 Å². The second-order valence-electron chi connectivity index (χ2n) is 5.67. The lowest BCUT2D eigenvalue weighted by Crippen LogP contribution is -2.41. The van der Waals surface area contributed by atoms with E-state index >= 15 is 0 Å². The quantitative estimate of drug-likeness (QED) is 0.689. The van der Waals surface area contributed by atoms with Crippen LogP contribution in [-0.2, 0) is 10.3 Å². The van der Waals surface area contributed by atoms with Crippen LogP contribution in [0.3, 0.4) is 0 Å². The molecule has 1 aliphatic rings. The minimum absolute atomic E-state index is 0.0660. The van der Waals surface area contributed by atoms with Gasteiger partial charge in [-0.05, 0) is 30.5 Å². The van der Waals surface area contributed by atoms with Crippen LogP contribution in [0.4, 0.5) is 13.2 Å². The molecule has 0 aliphatic heterocycles. The Kier molecular flexibility index (Phi) is 6.80. The predicted octanol–water partition coefficient (Wildman–Crippen LogP) is 5.37. The van der Waals surface area contributed by atoms with Crippen LogP contribution >= 0.6 is 0 Å². The third kappa shape index (κ3) is 3.58. The van der Waals surface area contributed by atoms with Gasteiger partial charge in [-0.15, -0.1) is 0 Å². The van der Waals surface area contributed by atoms with Gasteiger partial charge in [0.1, 0.15) is 0 Å². The summed E-state index contributed by atoms with van der Waals surface area (Å²) in [5.74, 6) is 0. The number of methoxy groups -OCH3 is 1. The monoisotopic (exact) mass is 354 g/mol. The molecule has 0 aromatic heterocycles. The number of halogens is 3. The molecule has 138 valence electrons. The zero-order valence-electron chi connectivity index (χ0n) is 15.5. The number of fused-ring (bicyclic) bond motifs is 3. The molecule has 1 aliphatic carbocycles. The number of aryl methyl sites for hydroxylation is 2. The van der Waals surface area contributed by atoms with Crippen LogP contribution in [0, 0.1) is 13.8 Å². The van der Waals surface area contributed by atoms with E-state index in [-0.39, 0.29) is 11.1 Å². The number of rotatable bonds is 0. The molecule has 3 rings (SSSR count). The molecule has 2 aromatic carbocycles. The fourth-order valence-corrected chi connectivity index (χ4v) is 3.08. The molecule has 0 heterocycles. The zero-order valence-corrected chi connectivity index (χ0v) is 15.5. The summed E-state index contributed by atoms with van der Waals surface area (Å²) >= 11 is 0. The van der Waals surface area contributed by atoms with Crippen LogP contribution < -0.4 is 0 Å². The van der Waals surface area contributed by atoms with E-state index in [2.05, 4.69) is 4.74 Å². The first-order valence-electron chi connectivity index (χ1n) is 8.09. The van der Waals surface area contributed by atoms with Gasteiger partial charge in [0.2, 0.25) is 5.60 Å². The normalized spacial score (nSPS) is 17.5. The number of aliphatic hydroxyl groups is 1. The molecular weight excluding hydrogens is 329 g/mol. The Morgan fingerprint density at radius 2 is 1.48 bits per heavy atom. The van der Waals surface area contributed by atoms with Gasteiger partial charge in [0.05, 0.1) is 0 Å². The van der Waals surface area contributed by atoms with E-state index in [1.54, 1.807) is 40.2 Å². The first-order chi connectivity index (χ1) is 11.7. The molecule has 5 heteroatoms. The Hall–Kier alpha value is -1.85. The van der Waals surface area contributed by atoms with Gasteiger partial charge in [-0.3, -0.25) is 0 Å². The van der Waals surface area contributed by atoms with Gasteiger partial charge in [-0.25, -0.2) is 0 Å². The summed E-state index contributed by atoms with van der Waals surface area (Å²) in [6.07, 6.45) is -4.76. The Morgan fingerprint density at radius 3 is 2.00 bits per heavy atom. The van der Waals surface area contributed by atoms with E-state index in [9.17, 15) is 18.3 Å². The standard InChI is InChI=1S/C16H13F3O.C2H6O.C2H6/c1-9-7-10(2)14-11-5-3-4-6-12(11)15(20,13(14)8-9)16(17,18)19;1-3-2;1-2/h3-8,20H,1-2H3;1-2H3;1-2H3. The molecular formula is C20H25F3O2. The topological polar surface area (TPSA) is 29.5 Å². The van der Waals surface area contributed by atoms with Crippen LogP contribution in [0.1, 0.15) is 36.1 Å². The number of alkyl halides is 3. The summed E-state index contributed by atoms with van der Waals surface area (Å²) < 4.78 is 44.8. The Labute approximate surface area is 147 Å². The average molecular weight is 354 g/mol. The lowest BCUT2D eigenvalue weighted by atomic mass is 9.89. The summed E-state index contributed by atoms with van der Waals surface area (Å²) in [5, 5.41) is 10.5. The minimum atomic E-state index is -4.76. The fraction of sp³-hybridized carbons (Fsp3) is 0.400. The van der Waals surface area contributed by atoms with Crippen molar-refractivity contribution in [2.24, 2.45) is 0 Å². The van der Waals surface area contributed by atoms with Crippen LogP contribution in [0.25, 0.3) is 11.1 Å². The summed E-state index contributed by atoms with van der Waals surface area (Å²) in [7, 11) is 3.25. The number of hydrogen-bond donors (Lipinski definition) is 1. The van der Waals surface area contributed by atoms with Crippen molar-refractivity contribution in [1.29, 1.82) is 0 Å². The van der Waals surface area contributed by atoms with E-state index in [0.29, 0.717) is 16.7 Å². The number of ether oxygens (including phenoxy) is 1. The first-order valence-corrected chi connectivity index (χ1v) is 8.09. The van der Waals surface area contributed by atoms with E-state index in [0.717, 1.165) is 5.56 Å². The predicted molar refractivity (Wildman–Crippen MR) is 94.7 cm³/mol. The third-order valence-corrected chi connectivity index (χ3v) is 3.87. The molecule has 0 saturated heterocycles. The second kappa shape index (κ2) is 8.02. The van der Waals surface area contributed by atoms with Crippen molar-refractivity contribution in [3.8, 4) is 11.1 Å². The van der Waals surface area contributed by atoms with E-state index in [1.807, 2.05) is 19.9 Å². The lowest BCUT2D eigenvalue weighted by Gasteiger charge is -2.28.